The van der Waals surface area contributed by atoms with Crippen molar-refractivity contribution in [3.63, 3.8) is 0 Å². The summed E-state index contributed by atoms with van der Waals surface area (Å²) in [6, 6.07) is 4.74. The maximum absolute atomic E-state index is 13.5. The van der Waals surface area contributed by atoms with Crippen LogP contribution in [0, 0.1) is 5.82 Å². The van der Waals surface area contributed by atoms with Gasteiger partial charge in [0.15, 0.2) is 0 Å². The quantitative estimate of drug-likeness (QED) is 0.644. The highest BCUT2D eigenvalue weighted by atomic mass is 79.9. The second-order valence-electron chi connectivity index (χ2n) is 3.65. The lowest BCUT2D eigenvalue weighted by molar-refractivity contribution is 0.0828. The number of ether oxygens (including phenoxy) is 1. The van der Waals surface area contributed by atoms with Crippen LogP contribution in [0.4, 0.5) is 4.39 Å². The lowest BCUT2D eigenvalue weighted by Crippen LogP contribution is -2.45. The van der Waals surface area contributed by atoms with Crippen LogP contribution < -0.4 is 11.3 Å². The minimum atomic E-state index is -0.230. The molecule has 0 radical (unpaired) electrons. The fourth-order valence-electron chi connectivity index (χ4n) is 1.46. The van der Waals surface area contributed by atoms with Gasteiger partial charge in [-0.15, -0.1) is 0 Å². The molecule has 16 heavy (non-hydrogen) atoms. The first kappa shape index (κ1) is 13.6. The molecular weight excluding hydrogens is 275 g/mol. The second-order valence-corrected chi connectivity index (χ2v) is 4.57. The largest absolute Gasteiger partial charge is 0.380 e. The van der Waals surface area contributed by atoms with Crippen LogP contribution in [0.2, 0.25) is 0 Å². The third kappa shape index (κ3) is 3.52. The Hall–Kier alpha value is -0.490. The fraction of sp³-hybridized carbons (Fsp3) is 0.455. The first-order valence-electron chi connectivity index (χ1n) is 5.01. The summed E-state index contributed by atoms with van der Waals surface area (Å²) in [6.07, 6.45) is 0.403. The van der Waals surface area contributed by atoms with E-state index in [0.717, 1.165) is 4.47 Å². The van der Waals surface area contributed by atoms with Crippen LogP contribution in [0.25, 0.3) is 0 Å². The molecule has 1 aromatic carbocycles. The zero-order valence-electron chi connectivity index (χ0n) is 9.34. The van der Waals surface area contributed by atoms with Gasteiger partial charge < -0.3 is 4.74 Å². The van der Waals surface area contributed by atoms with E-state index in [1.165, 1.54) is 6.07 Å². The van der Waals surface area contributed by atoms with Crippen molar-refractivity contribution in [3.8, 4) is 0 Å². The lowest BCUT2D eigenvalue weighted by atomic mass is 10.0. The maximum Gasteiger partial charge on any atom is 0.126 e. The van der Waals surface area contributed by atoms with E-state index in [1.807, 2.05) is 6.92 Å². The summed E-state index contributed by atoms with van der Waals surface area (Å²) < 4.78 is 19.5. The Labute approximate surface area is 103 Å². The maximum atomic E-state index is 13.5. The van der Waals surface area contributed by atoms with E-state index >= 15 is 0 Å². The van der Waals surface area contributed by atoms with Crippen molar-refractivity contribution in [3.05, 3.63) is 34.1 Å². The Bertz CT molecular complexity index is 349. The summed E-state index contributed by atoms with van der Waals surface area (Å²) in [7, 11) is 1.60. The van der Waals surface area contributed by atoms with Gasteiger partial charge in [-0.25, -0.2) is 4.39 Å². The average Bonchev–Trinajstić information content (AvgIpc) is 2.29. The molecule has 0 amide bonds. The Balaban J connectivity index is 2.81. The molecule has 0 saturated heterocycles. The van der Waals surface area contributed by atoms with E-state index in [2.05, 4.69) is 21.4 Å². The van der Waals surface area contributed by atoms with Gasteiger partial charge >= 0.3 is 0 Å². The van der Waals surface area contributed by atoms with E-state index in [1.54, 1.807) is 19.2 Å². The Morgan fingerprint density at radius 3 is 2.81 bits per heavy atom. The molecule has 1 rings (SSSR count). The standard InChI is InChI=1S/C11H16BrFN2O/c1-7(16-2)11(15-14)6-8-5-9(12)3-4-10(8)13/h3-5,7,11,15H,6,14H2,1-2H3. The number of nitrogens with two attached hydrogens (primary N) is 1. The second kappa shape index (κ2) is 6.30. The summed E-state index contributed by atoms with van der Waals surface area (Å²) in [6.45, 7) is 1.89. The van der Waals surface area contributed by atoms with Gasteiger partial charge in [-0.1, -0.05) is 15.9 Å². The van der Waals surface area contributed by atoms with Gasteiger partial charge in [0.1, 0.15) is 5.82 Å². The van der Waals surface area contributed by atoms with Gasteiger partial charge in [-0.3, -0.25) is 11.3 Å². The molecule has 2 unspecified atom stereocenters. The molecule has 0 bridgehead atoms. The normalized spacial score (nSPS) is 14.8. The van der Waals surface area contributed by atoms with Crippen molar-refractivity contribution in [1.29, 1.82) is 0 Å². The van der Waals surface area contributed by atoms with Crippen molar-refractivity contribution in [2.45, 2.75) is 25.5 Å². The molecule has 0 heterocycles. The molecule has 5 heteroatoms. The van der Waals surface area contributed by atoms with Gasteiger partial charge in [0.25, 0.3) is 0 Å². The number of benzene rings is 1. The van der Waals surface area contributed by atoms with E-state index in [-0.39, 0.29) is 18.0 Å². The lowest BCUT2D eigenvalue weighted by Gasteiger charge is -2.22. The molecule has 90 valence electrons. The van der Waals surface area contributed by atoms with Crippen molar-refractivity contribution < 1.29 is 9.13 Å². The third-order valence-corrected chi connectivity index (χ3v) is 3.09. The molecule has 0 aromatic heterocycles. The molecule has 0 aliphatic rings. The van der Waals surface area contributed by atoms with Gasteiger partial charge in [0.05, 0.1) is 12.1 Å². The number of rotatable bonds is 5. The molecule has 3 nitrogen and oxygen atoms in total. The minimum absolute atomic E-state index is 0.0802. The van der Waals surface area contributed by atoms with Crippen molar-refractivity contribution in [2.75, 3.05) is 7.11 Å². The van der Waals surface area contributed by atoms with Crippen molar-refractivity contribution in [2.24, 2.45) is 5.84 Å². The Morgan fingerprint density at radius 2 is 2.25 bits per heavy atom. The van der Waals surface area contributed by atoms with E-state index in [4.69, 9.17) is 10.6 Å². The van der Waals surface area contributed by atoms with Gasteiger partial charge in [0, 0.05) is 11.6 Å². The first-order chi connectivity index (χ1) is 7.58. The van der Waals surface area contributed by atoms with E-state index in [9.17, 15) is 4.39 Å². The number of hydrazine groups is 1. The van der Waals surface area contributed by atoms with Gasteiger partial charge in [-0.2, -0.15) is 0 Å². The SMILES string of the molecule is COC(C)C(Cc1cc(Br)ccc1F)NN. The summed E-state index contributed by atoms with van der Waals surface area (Å²) in [5.41, 5.74) is 3.25. The predicted octanol–water partition coefficient (Wildman–Crippen LogP) is 2.00. The van der Waals surface area contributed by atoms with Crippen molar-refractivity contribution in [1.82, 2.24) is 5.43 Å². The molecule has 0 saturated carbocycles. The number of hydrogen-bond donors (Lipinski definition) is 2. The van der Waals surface area contributed by atoms with E-state index < -0.39 is 0 Å². The van der Waals surface area contributed by atoms with Crippen LogP contribution in [-0.4, -0.2) is 19.3 Å². The minimum Gasteiger partial charge on any atom is -0.380 e. The Kier molecular flexibility index (Phi) is 5.34. The number of nitrogens with one attached hydrogen (secondary N) is 1. The smallest absolute Gasteiger partial charge is 0.126 e. The highest BCUT2D eigenvalue weighted by molar-refractivity contribution is 9.10. The molecule has 0 aliphatic carbocycles. The molecule has 3 N–H and O–H groups in total. The topological polar surface area (TPSA) is 47.3 Å². The summed E-state index contributed by atoms with van der Waals surface area (Å²) in [5.74, 6) is 5.19. The predicted molar refractivity (Wildman–Crippen MR) is 65.4 cm³/mol. The van der Waals surface area contributed by atoms with Crippen LogP contribution in [0.15, 0.2) is 22.7 Å². The molecule has 1 aromatic rings. The number of halogens is 2. The summed E-state index contributed by atoms with van der Waals surface area (Å²) in [5, 5.41) is 0. The fourth-order valence-corrected chi connectivity index (χ4v) is 1.87. The molecular formula is C11H16BrFN2O. The molecule has 0 fully saturated rings. The number of hydrogen-bond acceptors (Lipinski definition) is 3. The number of methoxy groups -OCH3 is 1. The van der Waals surface area contributed by atoms with Crippen LogP contribution in [0.3, 0.4) is 0 Å². The highest BCUT2D eigenvalue weighted by Crippen LogP contribution is 2.18. The van der Waals surface area contributed by atoms with Crippen LogP contribution in [0.1, 0.15) is 12.5 Å². The molecule has 0 spiro atoms. The zero-order valence-corrected chi connectivity index (χ0v) is 10.9. The Morgan fingerprint density at radius 1 is 1.56 bits per heavy atom. The third-order valence-electron chi connectivity index (χ3n) is 2.60. The summed E-state index contributed by atoms with van der Waals surface area (Å²) >= 11 is 3.31. The van der Waals surface area contributed by atoms with E-state index in [0.29, 0.717) is 12.0 Å². The summed E-state index contributed by atoms with van der Waals surface area (Å²) in [4.78, 5) is 0. The van der Waals surface area contributed by atoms with Gasteiger partial charge in [-0.05, 0) is 37.1 Å². The van der Waals surface area contributed by atoms with Crippen LogP contribution >= 0.6 is 15.9 Å². The van der Waals surface area contributed by atoms with Crippen molar-refractivity contribution >= 4 is 15.9 Å². The molecule has 0 aliphatic heterocycles. The monoisotopic (exact) mass is 290 g/mol. The zero-order chi connectivity index (χ0) is 12.1. The average molecular weight is 291 g/mol. The van der Waals surface area contributed by atoms with Crippen LogP contribution in [0.5, 0.6) is 0 Å². The molecule has 2 atom stereocenters. The highest BCUT2D eigenvalue weighted by Gasteiger charge is 2.17. The first-order valence-corrected chi connectivity index (χ1v) is 5.80. The van der Waals surface area contributed by atoms with Gasteiger partial charge in [0.2, 0.25) is 0 Å². The van der Waals surface area contributed by atoms with Crippen LogP contribution in [-0.2, 0) is 11.2 Å².